The highest BCUT2D eigenvalue weighted by Crippen LogP contribution is 2.30. The number of rotatable bonds is 7. The van der Waals surface area contributed by atoms with Crippen molar-refractivity contribution in [2.24, 2.45) is 0 Å². The third-order valence-electron chi connectivity index (χ3n) is 4.04. The molecule has 1 aromatic carbocycles. The maximum atomic E-state index is 13.8. The van der Waals surface area contributed by atoms with Crippen molar-refractivity contribution >= 4 is 22.6 Å². The summed E-state index contributed by atoms with van der Waals surface area (Å²) in [5.74, 6) is 1.02. The molecule has 1 atom stereocenters. The van der Waals surface area contributed by atoms with E-state index in [1.165, 1.54) is 18.9 Å². The van der Waals surface area contributed by atoms with Crippen molar-refractivity contribution < 1.29 is 4.39 Å². The van der Waals surface area contributed by atoms with Crippen molar-refractivity contribution in [3.8, 4) is 0 Å². The number of imidazole rings is 1. The van der Waals surface area contributed by atoms with Crippen LogP contribution in [0.2, 0.25) is 0 Å². The molecule has 21 heavy (non-hydrogen) atoms. The molecular formula is C17H24ClFN2. The molecule has 1 aromatic heterocycles. The Morgan fingerprint density at radius 3 is 2.62 bits per heavy atom. The summed E-state index contributed by atoms with van der Waals surface area (Å²) in [6.45, 7) is 6.20. The third kappa shape index (κ3) is 3.39. The number of unbranched alkanes of at least 4 members (excludes halogenated alkanes) is 1. The topological polar surface area (TPSA) is 17.8 Å². The van der Waals surface area contributed by atoms with Crippen LogP contribution in [0.1, 0.15) is 63.4 Å². The first kappa shape index (κ1) is 16.3. The van der Waals surface area contributed by atoms with Gasteiger partial charge in [-0.25, -0.2) is 9.37 Å². The van der Waals surface area contributed by atoms with Gasteiger partial charge in [-0.1, -0.05) is 33.1 Å². The molecule has 2 rings (SSSR count). The predicted molar refractivity (Wildman–Crippen MR) is 87.5 cm³/mol. The fraction of sp³-hybridized carbons (Fsp3) is 0.588. The zero-order chi connectivity index (χ0) is 15.4. The molecule has 1 heterocycles. The van der Waals surface area contributed by atoms with Gasteiger partial charge >= 0.3 is 0 Å². The van der Waals surface area contributed by atoms with Gasteiger partial charge in [-0.15, -0.1) is 11.6 Å². The fourth-order valence-corrected chi connectivity index (χ4v) is 3.14. The molecule has 4 heteroatoms. The summed E-state index contributed by atoms with van der Waals surface area (Å²) in [5, 5.41) is 0. The summed E-state index contributed by atoms with van der Waals surface area (Å²) >= 11 is 6.08. The Bertz CT molecular complexity index is 606. The van der Waals surface area contributed by atoms with Crippen LogP contribution >= 0.6 is 11.6 Å². The molecule has 0 saturated carbocycles. The van der Waals surface area contributed by atoms with Gasteiger partial charge < -0.3 is 4.57 Å². The smallest absolute Gasteiger partial charge is 0.128 e. The zero-order valence-electron chi connectivity index (χ0n) is 13.1. The minimum Gasteiger partial charge on any atom is -0.324 e. The van der Waals surface area contributed by atoms with Crippen LogP contribution in [0, 0.1) is 12.7 Å². The SMILES string of the molecule is CCCCC(CCC)n1c(CCl)nc2cc(F)c(C)cc21. The molecule has 0 N–H and O–H groups in total. The number of aryl methyl sites for hydroxylation is 1. The number of nitrogens with zero attached hydrogens (tertiary/aromatic N) is 2. The van der Waals surface area contributed by atoms with Crippen molar-refractivity contribution in [1.82, 2.24) is 9.55 Å². The predicted octanol–water partition coefficient (Wildman–Crippen LogP) is 5.75. The molecule has 0 aliphatic carbocycles. The van der Waals surface area contributed by atoms with Gasteiger partial charge in [-0.3, -0.25) is 0 Å². The number of hydrogen-bond donors (Lipinski definition) is 0. The molecule has 1 unspecified atom stereocenters. The minimum absolute atomic E-state index is 0.200. The second kappa shape index (κ2) is 7.26. The summed E-state index contributed by atoms with van der Waals surface area (Å²) in [6, 6.07) is 3.83. The lowest BCUT2D eigenvalue weighted by atomic mass is 10.0. The minimum atomic E-state index is -0.200. The van der Waals surface area contributed by atoms with Crippen molar-refractivity contribution in [2.75, 3.05) is 0 Å². The number of fused-ring (bicyclic) bond motifs is 1. The van der Waals surface area contributed by atoms with E-state index in [0.29, 0.717) is 23.0 Å². The largest absolute Gasteiger partial charge is 0.324 e. The van der Waals surface area contributed by atoms with Crippen LogP contribution in [0.15, 0.2) is 12.1 Å². The van der Waals surface area contributed by atoms with Gasteiger partial charge in [0.1, 0.15) is 11.6 Å². The van der Waals surface area contributed by atoms with E-state index in [-0.39, 0.29) is 5.82 Å². The lowest BCUT2D eigenvalue weighted by Crippen LogP contribution is -2.12. The molecular weight excluding hydrogens is 287 g/mol. The van der Waals surface area contributed by atoms with Crippen LogP contribution in [0.3, 0.4) is 0 Å². The van der Waals surface area contributed by atoms with Crippen molar-refractivity contribution in [1.29, 1.82) is 0 Å². The van der Waals surface area contributed by atoms with Crippen LogP contribution in [0.4, 0.5) is 4.39 Å². The van der Waals surface area contributed by atoms with Crippen LogP contribution in [-0.2, 0) is 5.88 Å². The second-order valence-corrected chi connectivity index (χ2v) is 5.97. The standard InChI is InChI=1S/C17H24ClFN2/c1-4-6-8-13(7-5-2)21-16-9-12(3)14(19)10-15(16)20-17(21)11-18/h9-10,13H,4-8,11H2,1-3H3. The van der Waals surface area contributed by atoms with Crippen LogP contribution in [0.25, 0.3) is 11.0 Å². The van der Waals surface area contributed by atoms with E-state index in [0.717, 1.165) is 30.6 Å². The summed E-state index contributed by atoms with van der Waals surface area (Å²) in [4.78, 5) is 4.54. The Morgan fingerprint density at radius 2 is 2.00 bits per heavy atom. The van der Waals surface area contributed by atoms with Gasteiger partial charge in [0.05, 0.1) is 16.9 Å². The van der Waals surface area contributed by atoms with Crippen molar-refractivity contribution in [3.05, 3.63) is 29.3 Å². The van der Waals surface area contributed by atoms with E-state index in [2.05, 4.69) is 23.4 Å². The Morgan fingerprint density at radius 1 is 1.24 bits per heavy atom. The second-order valence-electron chi connectivity index (χ2n) is 5.71. The molecule has 2 nitrogen and oxygen atoms in total. The van der Waals surface area contributed by atoms with Gasteiger partial charge in [-0.05, 0) is 31.4 Å². The van der Waals surface area contributed by atoms with Crippen molar-refractivity contribution in [2.45, 2.75) is 64.8 Å². The number of halogens is 2. The summed E-state index contributed by atoms with van der Waals surface area (Å²) in [6.07, 6.45) is 5.71. The Hall–Kier alpha value is -1.09. The van der Waals surface area contributed by atoms with Crippen LogP contribution < -0.4 is 0 Å². The quantitative estimate of drug-likeness (QED) is 0.595. The maximum absolute atomic E-state index is 13.8. The highest BCUT2D eigenvalue weighted by Gasteiger charge is 2.19. The number of alkyl halides is 1. The maximum Gasteiger partial charge on any atom is 0.128 e. The van der Waals surface area contributed by atoms with Gasteiger partial charge in [0.25, 0.3) is 0 Å². The Labute approximate surface area is 131 Å². The molecule has 116 valence electrons. The van der Waals surface area contributed by atoms with E-state index in [1.54, 1.807) is 6.92 Å². The molecule has 0 bridgehead atoms. The van der Waals surface area contributed by atoms with Crippen LogP contribution in [0.5, 0.6) is 0 Å². The Kier molecular flexibility index (Phi) is 5.63. The average molecular weight is 311 g/mol. The molecule has 0 aliphatic rings. The van der Waals surface area contributed by atoms with Crippen molar-refractivity contribution in [3.63, 3.8) is 0 Å². The van der Waals surface area contributed by atoms with Gasteiger partial charge in [0.2, 0.25) is 0 Å². The molecule has 0 saturated heterocycles. The lowest BCUT2D eigenvalue weighted by Gasteiger charge is -2.21. The van der Waals surface area contributed by atoms with E-state index in [4.69, 9.17) is 11.6 Å². The monoisotopic (exact) mass is 310 g/mol. The zero-order valence-corrected chi connectivity index (χ0v) is 13.9. The number of benzene rings is 1. The summed E-state index contributed by atoms with van der Waals surface area (Å²) in [5.41, 5.74) is 2.39. The van der Waals surface area contributed by atoms with Gasteiger partial charge in [0.15, 0.2) is 0 Å². The van der Waals surface area contributed by atoms with Gasteiger partial charge in [0, 0.05) is 12.1 Å². The fourth-order valence-electron chi connectivity index (χ4n) is 2.95. The van der Waals surface area contributed by atoms with Gasteiger partial charge in [-0.2, -0.15) is 0 Å². The molecule has 0 amide bonds. The average Bonchev–Trinajstić information content (AvgIpc) is 2.81. The lowest BCUT2D eigenvalue weighted by molar-refractivity contribution is 0.418. The van der Waals surface area contributed by atoms with E-state index in [1.807, 2.05) is 6.07 Å². The first-order chi connectivity index (χ1) is 10.1. The molecule has 0 radical (unpaired) electrons. The summed E-state index contributed by atoms with van der Waals surface area (Å²) < 4.78 is 16.0. The van der Waals surface area contributed by atoms with E-state index >= 15 is 0 Å². The molecule has 2 aromatic rings. The molecule has 0 aliphatic heterocycles. The summed E-state index contributed by atoms with van der Waals surface area (Å²) in [7, 11) is 0. The third-order valence-corrected chi connectivity index (χ3v) is 4.28. The highest BCUT2D eigenvalue weighted by atomic mass is 35.5. The van der Waals surface area contributed by atoms with E-state index in [9.17, 15) is 4.39 Å². The normalized spacial score (nSPS) is 13.0. The van der Waals surface area contributed by atoms with E-state index < -0.39 is 0 Å². The first-order valence-corrected chi connectivity index (χ1v) is 8.38. The number of hydrogen-bond acceptors (Lipinski definition) is 1. The Balaban J connectivity index is 2.54. The molecule has 0 fully saturated rings. The van der Waals surface area contributed by atoms with Crippen LogP contribution in [-0.4, -0.2) is 9.55 Å². The highest BCUT2D eigenvalue weighted by molar-refractivity contribution is 6.16. The first-order valence-electron chi connectivity index (χ1n) is 7.85. The molecule has 0 spiro atoms. The number of aromatic nitrogens is 2.